The summed E-state index contributed by atoms with van der Waals surface area (Å²) >= 11 is 6.28. The van der Waals surface area contributed by atoms with E-state index in [-0.39, 0.29) is 23.0 Å². The smallest absolute Gasteiger partial charge is 0.264 e. The van der Waals surface area contributed by atoms with Crippen molar-refractivity contribution in [1.29, 1.82) is 0 Å². The molecule has 10 heteroatoms. The molecular formula is C30H36ClN3O5S. The molecule has 0 unspecified atom stereocenters. The Kier molecular flexibility index (Phi) is 10.6. The Labute approximate surface area is 241 Å². The van der Waals surface area contributed by atoms with Crippen LogP contribution in [0, 0.1) is 13.8 Å². The zero-order chi connectivity index (χ0) is 29.4. The van der Waals surface area contributed by atoms with E-state index in [1.165, 1.54) is 23.1 Å². The molecule has 0 saturated carbocycles. The predicted molar refractivity (Wildman–Crippen MR) is 158 cm³/mol. The van der Waals surface area contributed by atoms with E-state index in [0.717, 1.165) is 15.4 Å². The summed E-state index contributed by atoms with van der Waals surface area (Å²) in [7, 11) is -2.63. The number of sulfonamides is 1. The maximum absolute atomic E-state index is 14.1. The number of hydrogen-bond acceptors (Lipinski definition) is 5. The fraction of sp³-hybridized carbons (Fsp3) is 0.333. The first kappa shape index (κ1) is 31.0. The number of carbonyl (C=O) groups excluding carboxylic acids is 2. The Balaban J connectivity index is 2.11. The van der Waals surface area contributed by atoms with E-state index in [1.807, 2.05) is 19.9 Å². The number of aryl methyl sites for hydroxylation is 2. The van der Waals surface area contributed by atoms with Gasteiger partial charge in [0.2, 0.25) is 11.8 Å². The van der Waals surface area contributed by atoms with Crippen LogP contribution in [0.15, 0.2) is 71.6 Å². The van der Waals surface area contributed by atoms with E-state index in [0.29, 0.717) is 29.3 Å². The van der Waals surface area contributed by atoms with Crippen LogP contribution >= 0.6 is 11.6 Å². The Morgan fingerprint density at radius 2 is 1.70 bits per heavy atom. The highest BCUT2D eigenvalue weighted by molar-refractivity contribution is 7.92. The van der Waals surface area contributed by atoms with Crippen LogP contribution in [0.1, 0.15) is 37.0 Å². The van der Waals surface area contributed by atoms with Crippen LogP contribution < -0.4 is 14.4 Å². The van der Waals surface area contributed by atoms with Crippen molar-refractivity contribution in [2.24, 2.45) is 0 Å². The zero-order valence-electron chi connectivity index (χ0n) is 23.5. The largest absolute Gasteiger partial charge is 0.497 e. The fourth-order valence-electron chi connectivity index (χ4n) is 4.38. The average molecular weight is 586 g/mol. The molecule has 0 bridgehead atoms. The van der Waals surface area contributed by atoms with Gasteiger partial charge in [0.05, 0.1) is 17.7 Å². The SMILES string of the molecule is CCNC(=O)[C@H](CC)N(Cc1cccc(OC)c1)C(=O)CN(c1cc(Cl)ccc1C)S(=O)(=O)c1ccc(C)cc1. The number of nitrogens with zero attached hydrogens (tertiary/aromatic N) is 2. The summed E-state index contributed by atoms with van der Waals surface area (Å²) in [5, 5.41) is 3.13. The standard InChI is InChI=1S/C30H36ClN3O5S/c1-6-27(30(36)32-7-2)33(19-23-9-8-10-25(17-23)39-5)29(35)20-34(28-18-24(31)14-13-22(28)4)40(37,38)26-15-11-21(3)12-16-26/h8-18,27H,6-7,19-20H2,1-5H3,(H,32,36)/t27-/m0/s1. The quantitative estimate of drug-likeness (QED) is 0.319. The van der Waals surface area contributed by atoms with E-state index in [9.17, 15) is 18.0 Å². The summed E-state index contributed by atoms with van der Waals surface area (Å²) in [5.74, 6) is -0.238. The highest BCUT2D eigenvalue weighted by Crippen LogP contribution is 2.30. The highest BCUT2D eigenvalue weighted by atomic mass is 35.5. The maximum atomic E-state index is 14.1. The number of ether oxygens (including phenoxy) is 1. The summed E-state index contributed by atoms with van der Waals surface area (Å²) < 4.78 is 34.4. The number of anilines is 1. The molecule has 214 valence electrons. The van der Waals surface area contributed by atoms with Crippen molar-refractivity contribution < 1.29 is 22.7 Å². The van der Waals surface area contributed by atoms with Crippen molar-refractivity contribution >= 4 is 39.1 Å². The minimum Gasteiger partial charge on any atom is -0.497 e. The van der Waals surface area contributed by atoms with Crippen LogP contribution in [0.3, 0.4) is 0 Å². The van der Waals surface area contributed by atoms with Crippen molar-refractivity contribution in [2.75, 3.05) is 24.5 Å². The Bertz CT molecular complexity index is 1440. The maximum Gasteiger partial charge on any atom is 0.264 e. The number of benzene rings is 3. The van der Waals surface area contributed by atoms with Gasteiger partial charge in [0.25, 0.3) is 10.0 Å². The van der Waals surface area contributed by atoms with Gasteiger partial charge in [0.1, 0.15) is 18.3 Å². The van der Waals surface area contributed by atoms with Gasteiger partial charge in [-0.3, -0.25) is 13.9 Å². The van der Waals surface area contributed by atoms with Gasteiger partial charge in [0.15, 0.2) is 0 Å². The first-order chi connectivity index (χ1) is 19.0. The van der Waals surface area contributed by atoms with Crippen LogP contribution in [0.5, 0.6) is 5.75 Å². The second kappa shape index (κ2) is 13.7. The lowest BCUT2D eigenvalue weighted by atomic mass is 10.1. The van der Waals surface area contributed by atoms with E-state index >= 15 is 0 Å². The number of likely N-dealkylation sites (N-methyl/N-ethyl adjacent to an activating group) is 1. The van der Waals surface area contributed by atoms with Gasteiger partial charge in [-0.15, -0.1) is 0 Å². The van der Waals surface area contributed by atoms with Crippen LogP contribution in [0.4, 0.5) is 5.69 Å². The molecule has 0 aromatic heterocycles. The third kappa shape index (κ3) is 7.34. The molecule has 0 spiro atoms. The van der Waals surface area contributed by atoms with Crippen molar-refractivity contribution in [2.45, 2.75) is 51.6 Å². The molecule has 0 radical (unpaired) electrons. The molecule has 8 nitrogen and oxygen atoms in total. The number of carbonyl (C=O) groups is 2. The minimum absolute atomic E-state index is 0.0420. The molecule has 40 heavy (non-hydrogen) atoms. The number of amides is 2. The zero-order valence-corrected chi connectivity index (χ0v) is 25.1. The monoisotopic (exact) mass is 585 g/mol. The lowest BCUT2D eigenvalue weighted by Crippen LogP contribution is -2.52. The lowest BCUT2D eigenvalue weighted by molar-refractivity contribution is -0.140. The fourth-order valence-corrected chi connectivity index (χ4v) is 6.02. The van der Waals surface area contributed by atoms with E-state index < -0.39 is 28.5 Å². The molecule has 3 aromatic rings. The first-order valence-electron chi connectivity index (χ1n) is 13.1. The van der Waals surface area contributed by atoms with Gasteiger partial charge in [-0.2, -0.15) is 0 Å². The molecule has 1 N–H and O–H groups in total. The van der Waals surface area contributed by atoms with Crippen molar-refractivity contribution in [3.05, 3.63) is 88.4 Å². The Morgan fingerprint density at radius 3 is 2.33 bits per heavy atom. The van der Waals surface area contributed by atoms with Gasteiger partial charge in [-0.1, -0.05) is 54.4 Å². The molecule has 0 fully saturated rings. The number of rotatable bonds is 12. The van der Waals surface area contributed by atoms with Gasteiger partial charge in [0, 0.05) is 18.1 Å². The van der Waals surface area contributed by atoms with Crippen molar-refractivity contribution in [3.8, 4) is 5.75 Å². The molecule has 3 aromatic carbocycles. The van der Waals surface area contributed by atoms with E-state index in [1.54, 1.807) is 63.4 Å². The molecule has 0 saturated heterocycles. The number of hydrogen-bond donors (Lipinski definition) is 1. The molecule has 0 aliphatic carbocycles. The van der Waals surface area contributed by atoms with Crippen LogP contribution in [-0.2, 0) is 26.2 Å². The molecule has 0 heterocycles. The summed E-state index contributed by atoms with van der Waals surface area (Å²) in [6, 6.07) is 17.7. The summed E-state index contributed by atoms with van der Waals surface area (Å²) in [4.78, 5) is 28.6. The summed E-state index contributed by atoms with van der Waals surface area (Å²) in [6.07, 6.45) is 0.336. The number of methoxy groups -OCH3 is 1. The average Bonchev–Trinajstić information content (AvgIpc) is 2.93. The van der Waals surface area contributed by atoms with E-state index in [4.69, 9.17) is 16.3 Å². The molecule has 3 rings (SSSR count). The van der Waals surface area contributed by atoms with Crippen LogP contribution in [-0.4, -0.2) is 51.4 Å². The van der Waals surface area contributed by atoms with Crippen LogP contribution in [0.25, 0.3) is 0 Å². The summed E-state index contributed by atoms with van der Waals surface area (Å²) in [6.45, 7) is 7.18. The van der Waals surface area contributed by atoms with Crippen molar-refractivity contribution in [3.63, 3.8) is 0 Å². The number of nitrogens with one attached hydrogen (secondary N) is 1. The summed E-state index contributed by atoms with van der Waals surface area (Å²) in [5.41, 5.74) is 2.55. The van der Waals surface area contributed by atoms with E-state index in [2.05, 4.69) is 5.32 Å². The topological polar surface area (TPSA) is 96.0 Å². The Hall–Kier alpha value is -3.56. The third-order valence-corrected chi connectivity index (χ3v) is 8.56. The van der Waals surface area contributed by atoms with Gasteiger partial charge in [-0.05, 0) is 74.7 Å². The Morgan fingerprint density at radius 1 is 1.00 bits per heavy atom. The molecular weight excluding hydrogens is 550 g/mol. The lowest BCUT2D eigenvalue weighted by Gasteiger charge is -2.33. The van der Waals surface area contributed by atoms with Gasteiger partial charge >= 0.3 is 0 Å². The third-order valence-electron chi connectivity index (χ3n) is 6.55. The second-order valence-corrected chi connectivity index (χ2v) is 11.7. The number of halogens is 1. The molecule has 0 aliphatic rings. The first-order valence-corrected chi connectivity index (χ1v) is 14.9. The van der Waals surface area contributed by atoms with Crippen molar-refractivity contribution in [1.82, 2.24) is 10.2 Å². The molecule has 0 aliphatic heterocycles. The molecule has 2 amide bonds. The van der Waals surface area contributed by atoms with Crippen LogP contribution in [0.2, 0.25) is 5.02 Å². The second-order valence-electron chi connectivity index (χ2n) is 9.45. The normalized spacial score (nSPS) is 11.9. The minimum atomic E-state index is -4.18. The highest BCUT2D eigenvalue weighted by Gasteiger charge is 2.34. The predicted octanol–water partition coefficient (Wildman–Crippen LogP) is 5.10. The van der Waals surface area contributed by atoms with Gasteiger partial charge < -0.3 is 15.0 Å². The van der Waals surface area contributed by atoms with Gasteiger partial charge in [-0.25, -0.2) is 8.42 Å². The molecule has 1 atom stereocenters.